The molecule has 1 aliphatic heterocycles. The Balaban J connectivity index is 1.81. The lowest BCUT2D eigenvalue weighted by molar-refractivity contribution is 0.170. The van der Waals surface area contributed by atoms with Crippen molar-refractivity contribution in [2.45, 2.75) is 58.5 Å². The first-order chi connectivity index (χ1) is 10.2. The molecule has 1 aromatic rings. The van der Waals surface area contributed by atoms with Crippen LogP contribution in [0, 0.1) is 0 Å². The molecule has 0 saturated heterocycles. The highest BCUT2D eigenvalue weighted by Gasteiger charge is 2.16. The Morgan fingerprint density at radius 2 is 2.00 bits per heavy atom. The summed E-state index contributed by atoms with van der Waals surface area (Å²) in [6.45, 7) is 6.63. The SMILES string of the molecule is CCCCCCC(C)NCc1cc(Br)c2c(c1)OCCO2. The van der Waals surface area contributed by atoms with Crippen molar-refractivity contribution < 1.29 is 9.47 Å². The van der Waals surface area contributed by atoms with E-state index >= 15 is 0 Å². The van der Waals surface area contributed by atoms with Crippen molar-refractivity contribution in [3.05, 3.63) is 22.2 Å². The molecular weight excluding hydrogens is 330 g/mol. The molecule has 1 aliphatic rings. The molecule has 3 nitrogen and oxygen atoms in total. The van der Waals surface area contributed by atoms with E-state index in [9.17, 15) is 0 Å². The fraction of sp³-hybridized carbons (Fsp3) is 0.647. The lowest BCUT2D eigenvalue weighted by Crippen LogP contribution is -2.25. The number of benzene rings is 1. The largest absolute Gasteiger partial charge is 0.486 e. The van der Waals surface area contributed by atoms with Gasteiger partial charge in [-0.25, -0.2) is 0 Å². The minimum atomic E-state index is 0.550. The Bertz CT molecular complexity index is 451. The zero-order chi connectivity index (χ0) is 15.1. The summed E-state index contributed by atoms with van der Waals surface area (Å²) >= 11 is 3.57. The predicted octanol–water partition coefficient (Wildman–Crippen LogP) is 4.67. The Labute approximate surface area is 136 Å². The average molecular weight is 356 g/mol. The molecule has 0 aliphatic carbocycles. The lowest BCUT2D eigenvalue weighted by Gasteiger charge is -2.21. The molecule has 0 spiro atoms. The van der Waals surface area contributed by atoms with Crippen molar-refractivity contribution in [3.63, 3.8) is 0 Å². The van der Waals surface area contributed by atoms with Crippen LogP contribution in [0.15, 0.2) is 16.6 Å². The van der Waals surface area contributed by atoms with E-state index < -0.39 is 0 Å². The predicted molar refractivity (Wildman–Crippen MR) is 90.2 cm³/mol. The molecule has 2 rings (SSSR count). The van der Waals surface area contributed by atoms with E-state index in [4.69, 9.17) is 9.47 Å². The van der Waals surface area contributed by atoms with Crippen molar-refractivity contribution in [3.8, 4) is 11.5 Å². The first-order valence-electron chi connectivity index (χ1n) is 8.02. The molecule has 0 aromatic heterocycles. The van der Waals surface area contributed by atoms with E-state index in [1.54, 1.807) is 0 Å². The number of hydrogen-bond donors (Lipinski definition) is 1. The first kappa shape index (κ1) is 16.6. The van der Waals surface area contributed by atoms with Gasteiger partial charge >= 0.3 is 0 Å². The maximum Gasteiger partial charge on any atom is 0.175 e. The Morgan fingerprint density at radius 1 is 1.19 bits per heavy atom. The highest BCUT2D eigenvalue weighted by Crippen LogP contribution is 2.38. The molecular formula is C17H26BrNO2. The maximum atomic E-state index is 5.66. The molecule has 118 valence electrons. The van der Waals surface area contributed by atoms with Crippen LogP contribution >= 0.6 is 15.9 Å². The summed E-state index contributed by atoms with van der Waals surface area (Å²) < 4.78 is 12.3. The normalized spacial score (nSPS) is 15.0. The number of rotatable bonds is 8. The molecule has 21 heavy (non-hydrogen) atoms. The third-order valence-corrected chi connectivity index (χ3v) is 4.39. The second-order valence-electron chi connectivity index (χ2n) is 5.73. The summed E-state index contributed by atoms with van der Waals surface area (Å²) in [6.07, 6.45) is 6.55. The third kappa shape index (κ3) is 5.19. The van der Waals surface area contributed by atoms with Gasteiger partial charge in [-0.2, -0.15) is 0 Å². The van der Waals surface area contributed by atoms with Gasteiger partial charge in [-0.1, -0.05) is 32.6 Å². The van der Waals surface area contributed by atoms with Gasteiger partial charge in [0, 0.05) is 12.6 Å². The quantitative estimate of drug-likeness (QED) is 0.687. The van der Waals surface area contributed by atoms with Crippen molar-refractivity contribution in [1.82, 2.24) is 5.32 Å². The second-order valence-corrected chi connectivity index (χ2v) is 6.59. The summed E-state index contributed by atoms with van der Waals surface area (Å²) in [5.41, 5.74) is 1.23. The Kier molecular flexibility index (Phi) is 6.84. The van der Waals surface area contributed by atoms with Crippen LogP contribution in [0.25, 0.3) is 0 Å². The van der Waals surface area contributed by atoms with Crippen LogP contribution in [0.2, 0.25) is 0 Å². The monoisotopic (exact) mass is 355 g/mol. The highest BCUT2D eigenvalue weighted by molar-refractivity contribution is 9.10. The number of ether oxygens (including phenoxy) is 2. The molecule has 1 aromatic carbocycles. The number of nitrogens with one attached hydrogen (secondary N) is 1. The van der Waals surface area contributed by atoms with Crippen LogP contribution in [0.4, 0.5) is 0 Å². The van der Waals surface area contributed by atoms with Gasteiger partial charge in [0.2, 0.25) is 0 Å². The number of halogens is 1. The van der Waals surface area contributed by atoms with Crippen molar-refractivity contribution in [2.24, 2.45) is 0 Å². The molecule has 0 saturated carbocycles. The van der Waals surface area contributed by atoms with Gasteiger partial charge in [0.25, 0.3) is 0 Å². The summed E-state index contributed by atoms with van der Waals surface area (Å²) in [5.74, 6) is 1.68. The molecule has 0 amide bonds. The zero-order valence-corrected chi connectivity index (χ0v) is 14.7. The molecule has 1 heterocycles. The van der Waals surface area contributed by atoms with E-state index in [1.165, 1.54) is 37.7 Å². The van der Waals surface area contributed by atoms with Crippen LogP contribution in [-0.2, 0) is 6.54 Å². The molecule has 0 radical (unpaired) electrons. The maximum absolute atomic E-state index is 5.66. The topological polar surface area (TPSA) is 30.5 Å². The van der Waals surface area contributed by atoms with Crippen molar-refractivity contribution in [1.29, 1.82) is 0 Å². The summed E-state index contributed by atoms with van der Waals surface area (Å²) in [5, 5.41) is 3.59. The molecule has 0 bridgehead atoms. The standard InChI is InChI=1S/C17H26BrNO2/c1-3-4-5-6-7-13(2)19-12-14-10-15(18)17-16(11-14)20-8-9-21-17/h10-11,13,19H,3-9,12H2,1-2H3. The first-order valence-corrected chi connectivity index (χ1v) is 8.81. The molecule has 1 N–H and O–H groups in total. The fourth-order valence-corrected chi connectivity index (χ4v) is 3.14. The van der Waals surface area contributed by atoms with Crippen LogP contribution < -0.4 is 14.8 Å². The van der Waals surface area contributed by atoms with Gasteiger partial charge in [-0.15, -0.1) is 0 Å². The summed E-state index contributed by atoms with van der Waals surface area (Å²) in [7, 11) is 0. The van der Waals surface area contributed by atoms with Gasteiger partial charge in [0.15, 0.2) is 11.5 Å². The fourth-order valence-electron chi connectivity index (χ4n) is 2.54. The second kappa shape index (κ2) is 8.64. The highest BCUT2D eigenvalue weighted by atomic mass is 79.9. The van der Waals surface area contributed by atoms with E-state index in [0.717, 1.165) is 22.5 Å². The van der Waals surface area contributed by atoms with Crippen LogP contribution in [0.1, 0.15) is 51.5 Å². The Morgan fingerprint density at radius 3 is 2.81 bits per heavy atom. The third-order valence-electron chi connectivity index (χ3n) is 3.80. The lowest BCUT2D eigenvalue weighted by atomic mass is 10.1. The molecule has 0 fully saturated rings. The smallest absolute Gasteiger partial charge is 0.175 e. The number of unbranched alkanes of at least 4 members (excludes halogenated alkanes) is 3. The molecule has 4 heteroatoms. The zero-order valence-electron chi connectivity index (χ0n) is 13.1. The van der Waals surface area contributed by atoms with Crippen LogP contribution in [0.3, 0.4) is 0 Å². The van der Waals surface area contributed by atoms with Gasteiger partial charge in [0.05, 0.1) is 4.47 Å². The van der Waals surface area contributed by atoms with Gasteiger partial charge in [-0.05, 0) is 47.0 Å². The van der Waals surface area contributed by atoms with Crippen LogP contribution in [-0.4, -0.2) is 19.3 Å². The van der Waals surface area contributed by atoms with Gasteiger partial charge in [-0.3, -0.25) is 0 Å². The van der Waals surface area contributed by atoms with E-state index in [1.807, 2.05) is 0 Å². The minimum absolute atomic E-state index is 0.550. The summed E-state index contributed by atoms with van der Waals surface area (Å²) in [4.78, 5) is 0. The van der Waals surface area contributed by atoms with E-state index in [2.05, 4.69) is 47.2 Å². The average Bonchev–Trinajstić information content (AvgIpc) is 2.50. The van der Waals surface area contributed by atoms with E-state index in [-0.39, 0.29) is 0 Å². The Hall–Kier alpha value is -0.740. The minimum Gasteiger partial charge on any atom is -0.486 e. The van der Waals surface area contributed by atoms with E-state index in [0.29, 0.717) is 19.3 Å². The van der Waals surface area contributed by atoms with Gasteiger partial charge < -0.3 is 14.8 Å². The molecule has 1 atom stereocenters. The number of fused-ring (bicyclic) bond motifs is 1. The number of hydrogen-bond acceptors (Lipinski definition) is 3. The van der Waals surface area contributed by atoms with Crippen molar-refractivity contribution >= 4 is 15.9 Å². The van der Waals surface area contributed by atoms with Crippen LogP contribution in [0.5, 0.6) is 11.5 Å². The molecule has 1 unspecified atom stereocenters. The summed E-state index contributed by atoms with van der Waals surface area (Å²) in [6, 6.07) is 4.74. The van der Waals surface area contributed by atoms with Gasteiger partial charge in [0.1, 0.15) is 13.2 Å². The van der Waals surface area contributed by atoms with Crippen molar-refractivity contribution in [2.75, 3.05) is 13.2 Å².